The fourth-order valence-electron chi connectivity index (χ4n) is 2.77. The Morgan fingerprint density at radius 2 is 2.13 bits per heavy atom. The first-order chi connectivity index (χ1) is 10.9. The summed E-state index contributed by atoms with van der Waals surface area (Å²) in [5.74, 6) is -4.32. The zero-order valence-electron chi connectivity index (χ0n) is 12.3. The maximum absolute atomic E-state index is 14.1. The van der Waals surface area contributed by atoms with Crippen molar-refractivity contribution in [3.8, 4) is 0 Å². The van der Waals surface area contributed by atoms with Crippen LogP contribution in [0.25, 0.3) is 11.1 Å². The molecule has 0 unspecified atom stereocenters. The Bertz CT molecular complexity index is 779. The zero-order chi connectivity index (χ0) is 16.2. The normalized spacial score (nSPS) is 20.3. The Morgan fingerprint density at radius 1 is 1.39 bits per heavy atom. The van der Waals surface area contributed by atoms with Gasteiger partial charge < -0.3 is 14.8 Å². The summed E-state index contributed by atoms with van der Waals surface area (Å²) in [6.07, 6.45) is 2.44. The van der Waals surface area contributed by atoms with Crippen LogP contribution >= 0.6 is 0 Å². The summed E-state index contributed by atoms with van der Waals surface area (Å²) in [5.41, 5.74) is -0.944. The van der Waals surface area contributed by atoms with E-state index in [-0.39, 0.29) is 18.5 Å². The minimum atomic E-state index is -3.82. The number of aliphatic hydroxyl groups is 1. The number of oxazole rings is 1. The highest BCUT2D eigenvalue weighted by atomic mass is 19.3. The molecule has 7 heteroatoms. The van der Waals surface area contributed by atoms with E-state index in [1.165, 1.54) is 12.1 Å². The Morgan fingerprint density at radius 3 is 2.74 bits per heavy atom. The number of carbonyl (C=O) groups is 1. The number of amides is 1. The Labute approximate surface area is 130 Å². The number of nitrogens with one attached hydrogen (secondary N) is 1. The zero-order valence-corrected chi connectivity index (χ0v) is 12.3. The van der Waals surface area contributed by atoms with E-state index in [1.54, 1.807) is 6.07 Å². The lowest BCUT2D eigenvalue weighted by atomic mass is 9.75. The van der Waals surface area contributed by atoms with Gasteiger partial charge >= 0.3 is 5.92 Å². The lowest BCUT2D eigenvalue weighted by Gasteiger charge is -2.41. The monoisotopic (exact) mass is 322 g/mol. The Kier molecular flexibility index (Phi) is 3.00. The van der Waals surface area contributed by atoms with E-state index >= 15 is 0 Å². The molecule has 23 heavy (non-hydrogen) atoms. The number of carbonyl (C=O) groups excluding carboxylic acids is 1. The number of nitrogens with zero attached hydrogens (tertiary/aromatic N) is 1. The average Bonchev–Trinajstić information content (AvgIpc) is 3.24. The highest BCUT2D eigenvalue weighted by molar-refractivity contribution is 5.98. The van der Waals surface area contributed by atoms with Crippen molar-refractivity contribution in [2.75, 3.05) is 5.32 Å². The molecule has 2 aliphatic carbocycles. The van der Waals surface area contributed by atoms with Crippen LogP contribution in [0.5, 0.6) is 0 Å². The number of rotatable bonds is 4. The molecular formula is C16H16F2N2O3. The summed E-state index contributed by atoms with van der Waals surface area (Å²) in [6.45, 7) is 0. The van der Waals surface area contributed by atoms with Gasteiger partial charge in [-0.25, -0.2) is 4.98 Å². The summed E-state index contributed by atoms with van der Waals surface area (Å²) in [6, 6.07) is 4.60. The van der Waals surface area contributed by atoms with Crippen molar-refractivity contribution in [2.45, 2.75) is 49.5 Å². The van der Waals surface area contributed by atoms with Crippen LogP contribution in [0.15, 0.2) is 22.6 Å². The number of halogens is 2. The van der Waals surface area contributed by atoms with E-state index < -0.39 is 17.4 Å². The van der Waals surface area contributed by atoms with Crippen LogP contribution in [0, 0.1) is 0 Å². The lowest BCUT2D eigenvalue weighted by molar-refractivity contribution is -0.212. The van der Waals surface area contributed by atoms with Crippen LogP contribution in [0.3, 0.4) is 0 Å². The van der Waals surface area contributed by atoms with Crippen molar-refractivity contribution >= 4 is 22.7 Å². The van der Waals surface area contributed by atoms with E-state index in [4.69, 9.17) is 4.42 Å². The van der Waals surface area contributed by atoms with E-state index in [0.29, 0.717) is 29.3 Å². The highest BCUT2D eigenvalue weighted by Crippen LogP contribution is 2.45. The number of anilines is 1. The molecule has 122 valence electrons. The topological polar surface area (TPSA) is 75.4 Å². The van der Waals surface area contributed by atoms with Crippen LogP contribution < -0.4 is 5.32 Å². The fourth-order valence-corrected chi connectivity index (χ4v) is 2.77. The van der Waals surface area contributed by atoms with Crippen LogP contribution in [0.2, 0.25) is 0 Å². The van der Waals surface area contributed by atoms with Crippen molar-refractivity contribution in [3.05, 3.63) is 24.1 Å². The van der Waals surface area contributed by atoms with Gasteiger partial charge in [-0.1, -0.05) is 0 Å². The third kappa shape index (κ3) is 2.30. The average molecular weight is 322 g/mol. The molecule has 1 aromatic carbocycles. The summed E-state index contributed by atoms with van der Waals surface area (Å²) in [4.78, 5) is 16.2. The summed E-state index contributed by atoms with van der Waals surface area (Å²) in [5, 5.41) is 12.0. The van der Waals surface area contributed by atoms with Gasteiger partial charge in [-0.05, 0) is 44.2 Å². The second-order valence-corrected chi connectivity index (χ2v) is 6.42. The fraction of sp³-hybridized carbons (Fsp3) is 0.500. The predicted octanol–water partition coefficient (Wildman–Crippen LogP) is 3.19. The molecule has 0 atom stereocenters. The van der Waals surface area contributed by atoms with E-state index in [1.807, 2.05) is 0 Å². The smallest absolute Gasteiger partial charge is 0.352 e. The molecule has 0 spiro atoms. The van der Waals surface area contributed by atoms with Gasteiger partial charge in [-0.3, -0.25) is 4.79 Å². The highest BCUT2D eigenvalue weighted by Gasteiger charge is 2.61. The molecule has 2 N–H and O–H groups in total. The number of aromatic nitrogens is 1. The van der Waals surface area contributed by atoms with Crippen LogP contribution in [-0.2, 0) is 4.79 Å². The van der Waals surface area contributed by atoms with Gasteiger partial charge in [0.25, 0.3) is 5.91 Å². The first-order valence-electron chi connectivity index (χ1n) is 7.71. The Hall–Kier alpha value is -2.02. The number of benzene rings is 1. The second-order valence-electron chi connectivity index (χ2n) is 6.42. The molecule has 0 bridgehead atoms. The van der Waals surface area contributed by atoms with Gasteiger partial charge in [0.2, 0.25) is 0 Å². The Balaban J connectivity index is 1.55. The van der Waals surface area contributed by atoms with Gasteiger partial charge in [0.05, 0.1) is 0 Å². The first kappa shape index (κ1) is 14.6. The largest absolute Gasteiger partial charge is 0.440 e. The lowest BCUT2D eigenvalue weighted by Crippen LogP contribution is -2.59. The van der Waals surface area contributed by atoms with Gasteiger partial charge in [-0.2, -0.15) is 8.78 Å². The van der Waals surface area contributed by atoms with Crippen molar-refractivity contribution in [1.82, 2.24) is 4.98 Å². The number of hydrogen-bond donors (Lipinski definition) is 2. The van der Waals surface area contributed by atoms with Crippen molar-refractivity contribution in [1.29, 1.82) is 0 Å². The molecule has 0 aliphatic heterocycles. The molecule has 2 saturated carbocycles. The van der Waals surface area contributed by atoms with Gasteiger partial charge in [0, 0.05) is 17.7 Å². The molecule has 1 amide bonds. The van der Waals surface area contributed by atoms with Crippen molar-refractivity contribution < 1.29 is 23.1 Å². The van der Waals surface area contributed by atoms with E-state index in [9.17, 15) is 18.7 Å². The molecule has 1 heterocycles. The van der Waals surface area contributed by atoms with Crippen LogP contribution in [-0.4, -0.2) is 27.5 Å². The maximum atomic E-state index is 14.1. The van der Waals surface area contributed by atoms with E-state index in [0.717, 1.165) is 12.8 Å². The maximum Gasteiger partial charge on any atom is 0.352 e. The molecule has 2 aromatic rings. The first-order valence-corrected chi connectivity index (χ1v) is 7.71. The molecule has 2 fully saturated rings. The number of hydrogen-bond acceptors (Lipinski definition) is 4. The SMILES string of the molecule is O=C(Nc1ccc2nc(C3CC3)oc2c1)C(F)(F)C1(O)CCC1. The second kappa shape index (κ2) is 4.74. The van der Waals surface area contributed by atoms with Crippen LogP contribution in [0.1, 0.15) is 43.9 Å². The summed E-state index contributed by atoms with van der Waals surface area (Å²) in [7, 11) is 0. The molecule has 1 aromatic heterocycles. The third-order valence-corrected chi connectivity index (χ3v) is 4.64. The van der Waals surface area contributed by atoms with E-state index in [2.05, 4.69) is 10.3 Å². The van der Waals surface area contributed by atoms with Gasteiger partial charge in [0.15, 0.2) is 11.5 Å². The quantitative estimate of drug-likeness (QED) is 0.906. The molecule has 5 nitrogen and oxygen atoms in total. The predicted molar refractivity (Wildman–Crippen MR) is 78.4 cm³/mol. The minimum absolute atomic E-state index is 0.0701. The third-order valence-electron chi connectivity index (χ3n) is 4.64. The summed E-state index contributed by atoms with van der Waals surface area (Å²) >= 11 is 0. The molecule has 0 radical (unpaired) electrons. The molecule has 4 rings (SSSR count). The van der Waals surface area contributed by atoms with Crippen LogP contribution in [0.4, 0.5) is 14.5 Å². The van der Waals surface area contributed by atoms with Crippen molar-refractivity contribution in [3.63, 3.8) is 0 Å². The van der Waals surface area contributed by atoms with Crippen molar-refractivity contribution in [2.24, 2.45) is 0 Å². The molecular weight excluding hydrogens is 306 g/mol. The number of fused-ring (bicyclic) bond motifs is 1. The number of alkyl halides is 2. The molecule has 0 saturated heterocycles. The molecule has 2 aliphatic rings. The van der Waals surface area contributed by atoms with Gasteiger partial charge in [-0.15, -0.1) is 0 Å². The minimum Gasteiger partial charge on any atom is -0.440 e. The summed E-state index contributed by atoms with van der Waals surface area (Å²) < 4.78 is 33.7. The standard InChI is InChI=1S/C16H16F2N2O3/c17-16(18,15(22)6-1-7-15)14(21)19-10-4-5-11-12(8-10)23-13(20-11)9-2-3-9/h4-5,8-9,22H,1-3,6-7H2,(H,19,21). The van der Waals surface area contributed by atoms with Gasteiger partial charge in [0.1, 0.15) is 11.1 Å².